The lowest BCUT2D eigenvalue weighted by Gasteiger charge is -2.31. The Hall–Kier alpha value is -0.610. The minimum absolute atomic E-state index is 0.174. The number of nitrogens with one attached hydrogen (secondary N) is 1. The van der Waals surface area contributed by atoms with Crippen molar-refractivity contribution >= 4 is 5.91 Å². The van der Waals surface area contributed by atoms with Crippen LogP contribution >= 0.6 is 0 Å². The zero-order chi connectivity index (χ0) is 13.3. The number of carbonyl (C=O) groups excluding carboxylic acids is 1. The molecule has 2 fully saturated rings. The molecule has 0 aromatic carbocycles. The lowest BCUT2D eigenvalue weighted by molar-refractivity contribution is -0.124. The molecule has 3 N–H and O–H groups in total. The Labute approximate surface area is 110 Å². The number of nitrogens with two attached hydrogens (primary N) is 1. The van der Waals surface area contributed by atoms with Crippen LogP contribution in [0.5, 0.6) is 0 Å². The molecule has 0 spiro atoms. The molecular weight excluding hydrogens is 226 g/mol. The molecule has 1 saturated heterocycles. The molecule has 1 aliphatic carbocycles. The van der Waals surface area contributed by atoms with E-state index in [2.05, 4.69) is 24.1 Å². The first-order chi connectivity index (χ1) is 8.48. The first-order valence-corrected chi connectivity index (χ1v) is 7.29. The Morgan fingerprint density at radius 2 is 2.22 bits per heavy atom. The van der Waals surface area contributed by atoms with Crippen molar-refractivity contribution in [3.8, 4) is 0 Å². The zero-order valence-corrected chi connectivity index (χ0v) is 11.9. The molecule has 4 nitrogen and oxygen atoms in total. The van der Waals surface area contributed by atoms with Crippen LogP contribution in [0.15, 0.2) is 0 Å². The first kappa shape index (κ1) is 13.8. The maximum atomic E-state index is 11.8. The SMILES string of the molecule is CCNC1(C(N)=O)CCC(N2CC(C)CC2C)C1. The van der Waals surface area contributed by atoms with Crippen LogP contribution in [0.25, 0.3) is 0 Å². The maximum absolute atomic E-state index is 11.8. The van der Waals surface area contributed by atoms with E-state index < -0.39 is 5.54 Å². The van der Waals surface area contributed by atoms with Gasteiger partial charge < -0.3 is 11.1 Å². The van der Waals surface area contributed by atoms with E-state index in [1.807, 2.05) is 6.92 Å². The number of hydrogen-bond donors (Lipinski definition) is 2. The fraction of sp³-hybridized carbons (Fsp3) is 0.929. The van der Waals surface area contributed by atoms with Crippen molar-refractivity contribution in [1.82, 2.24) is 10.2 Å². The summed E-state index contributed by atoms with van der Waals surface area (Å²) in [7, 11) is 0. The molecule has 0 bridgehead atoms. The van der Waals surface area contributed by atoms with Gasteiger partial charge in [0.15, 0.2) is 0 Å². The van der Waals surface area contributed by atoms with E-state index in [9.17, 15) is 4.79 Å². The average molecular weight is 253 g/mol. The third-order valence-electron chi connectivity index (χ3n) is 4.78. The summed E-state index contributed by atoms with van der Waals surface area (Å²) in [5.74, 6) is 0.606. The number of likely N-dealkylation sites (N-methyl/N-ethyl adjacent to an activating group) is 1. The quantitative estimate of drug-likeness (QED) is 0.789. The highest BCUT2D eigenvalue weighted by molar-refractivity contribution is 5.85. The van der Waals surface area contributed by atoms with E-state index in [1.165, 1.54) is 13.0 Å². The standard InChI is InChI=1S/C14H27N3O/c1-4-16-14(13(15)18)6-5-12(8-14)17-9-10(2)7-11(17)3/h10-12,16H,4-9H2,1-3H3,(H2,15,18). The number of primary amides is 1. The van der Waals surface area contributed by atoms with Gasteiger partial charge in [-0.1, -0.05) is 13.8 Å². The smallest absolute Gasteiger partial charge is 0.237 e. The Kier molecular flexibility index (Phi) is 3.97. The normalized spacial score (nSPS) is 41.4. The molecule has 4 unspecified atom stereocenters. The van der Waals surface area contributed by atoms with Crippen molar-refractivity contribution in [3.63, 3.8) is 0 Å². The third kappa shape index (κ3) is 2.41. The van der Waals surface area contributed by atoms with Crippen LogP contribution in [-0.4, -0.2) is 41.5 Å². The highest BCUT2D eigenvalue weighted by Gasteiger charge is 2.46. The van der Waals surface area contributed by atoms with Gasteiger partial charge in [0, 0.05) is 18.6 Å². The van der Waals surface area contributed by atoms with Gasteiger partial charge in [-0.3, -0.25) is 9.69 Å². The highest BCUT2D eigenvalue weighted by atomic mass is 16.1. The third-order valence-corrected chi connectivity index (χ3v) is 4.78. The number of hydrogen-bond acceptors (Lipinski definition) is 3. The number of rotatable bonds is 4. The zero-order valence-electron chi connectivity index (χ0n) is 11.9. The second-order valence-corrected chi connectivity index (χ2v) is 6.26. The molecular formula is C14H27N3O. The van der Waals surface area contributed by atoms with Gasteiger partial charge in [-0.15, -0.1) is 0 Å². The van der Waals surface area contributed by atoms with Crippen LogP contribution in [0.4, 0.5) is 0 Å². The maximum Gasteiger partial charge on any atom is 0.237 e. The molecule has 4 heteroatoms. The molecule has 4 atom stereocenters. The van der Waals surface area contributed by atoms with E-state index >= 15 is 0 Å². The number of amides is 1. The van der Waals surface area contributed by atoms with Crippen molar-refractivity contribution in [2.75, 3.05) is 13.1 Å². The molecule has 104 valence electrons. The molecule has 18 heavy (non-hydrogen) atoms. The van der Waals surface area contributed by atoms with Gasteiger partial charge in [0.25, 0.3) is 0 Å². The first-order valence-electron chi connectivity index (χ1n) is 7.29. The van der Waals surface area contributed by atoms with Gasteiger partial charge in [-0.2, -0.15) is 0 Å². The average Bonchev–Trinajstić information content (AvgIpc) is 2.84. The van der Waals surface area contributed by atoms with Gasteiger partial charge >= 0.3 is 0 Å². The van der Waals surface area contributed by atoms with Crippen molar-refractivity contribution in [2.24, 2.45) is 11.7 Å². The van der Waals surface area contributed by atoms with Gasteiger partial charge in [-0.25, -0.2) is 0 Å². The lowest BCUT2D eigenvalue weighted by Crippen LogP contribution is -2.54. The molecule has 0 radical (unpaired) electrons. The number of carbonyl (C=O) groups is 1. The van der Waals surface area contributed by atoms with E-state index in [0.29, 0.717) is 12.1 Å². The van der Waals surface area contributed by atoms with Crippen LogP contribution in [0.1, 0.15) is 46.5 Å². The van der Waals surface area contributed by atoms with Crippen molar-refractivity contribution in [1.29, 1.82) is 0 Å². The van der Waals surface area contributed by atoms with Gasteiger partial charge in [0.1, 0.15) is 0 Å². The predicted octanol–water partition coefficient (Wildman–Crippen LogP) is 1.10. The summed E-state index contributed by atoms with van der Waals surface area (Å²) >= 11 is 0. The van der Waals surface area contributed by atoms with Crippen LogP contribution < -0.4 is 11.1 Å². The number of likely N-dealkylation sites (tertiary alicyclic amines) is 1. The molecule has 0 aromatic rings. The minimum atomic E-state index is -0.453. The van der Waals surface area contributed by atoms with Gasteiger partial charge in [0.05, 0.1) is 5.54 Å². The largest absolute Gasteiger partial charge is 0.368 e. The summed E-state index contributed by atoms with van der Waals surface area (Å²) in [6.45, 7) is 8.64. The fourth-order valence-electron chi connectivity index (χ4n) is 3.95. The fourth-order valence-corrected chi connectivity index (χ4v) is 3.95. The number of nitrogens with zero attached hydrogens (tertiary/aromatic N) is 1. The van der Waals surface area contributed by atoms with Crippen LogP contribution in [0, 0.1) is 5.92 Å². The second-order valence-electron chi connectivity index (χ2n) is 6.26. The molecule has 2 rings (SSSR count). The monoisotopic (exact) mass is 253 g/mol. The van der Waals surface area contributed by atoms with E-state index in [4.69, 9.17) is 5.73 Å². The van der Waals surface area contributed by atoms with Gasteiger partial charge in [0.2, 0.25) is 5.91 Å². The Balaban J connectivity index is 2.04. The van der Waals surface area contributed by atoms with Crippen molar-refractivity contribution < 1.29 is 4.79 Å². The summed E-state index contributed by atoms with van der Waals surface area (Å²) < 4.78 is 0. The molecule has 1 amide bonds. The van der Waals surface area contributed by atoms with Gasteiger partial charge in [-0.05, 0) is 45.1 Å². The summed E-state index contributed by atoms with van der Waals surface area (Å²) in [6, 6.07) is 1.17. The highest BCUT2D eigenvalue weighted by Crippen LogP contribution is 2.37. The molecule has 0 aromatic heterocycles. The predicted molar refractivity (Wildman–Crippen MR) is 73.2 cm³/mol. The van der Waals surface area contributed by atoms with Crippen molar-refractivity contribution in [2.45, 2.75) is 64.1 Å². The molecule has 1 heterocycles. The van der Waals surface area contributed by atoms with E-state index in [1.54, 1.807) is 0 Å². The Bertz CT molecular complexity index is 320. The molecule has 1 saturated carbocycles. The summed E-state index contributed by atoms with van der Waals surface area (Å²) in [5, 5.41) is 3.34. The van der Waals surface area contributed by atoms with Crippen LogP contribution in [-0.2, 0) is 4.79 Å². The van der Waals surface area contributed by atoms with Crippen molar-refractivity contribution in [3.05, 3.63) is 0 Å². The summed E-state index contributed by atoms with van der Waals surface area (Å²) in [5.41, 5.74) is 5.17. The molecule has 1 aliphatic heterocycles. The minimum Gasteiger partial charge on any atom is -0.368 e. The lowest BCUT2D eigenvalue weighted by atomic mass is 9.96. The summed E-state index contributed by atoms with van der Waals surface area (Å²) in [4.78, 5) is 14.4. The topological polar surface area (TPSA) is 58.4 Å². The Morgan fingerprint density at radius 1 is 1.50 bits per heavy atom. The van der Waals surface area contributed by atoms with Crippen LogP contribution in [0.2, 0.25) is 0 Å². The van der Waals surface area contributed by atoms with E-state index in [0.717, 1.165) is 31.7 Å². The van der Waals surface area contributed by atoms with Crippen LogP contribution in [0.3, 0.4) is 0 Å². The summed E-state index contributed by atoms with van der Waals surface area (Å²) in [6.07, 6.45) is 4.14. The van der Waals surface area contributed by atoms with E-state index in [-0.39, 0.29) is 5.91 Å². The molecule has 2 aliphatic rings. The second kappa shape index (κ2) is 5.17. The Morgan fingerprint density at radius 3 is 2.72 bits per heavy atom.